The van der Waals surface area contributed by atoms with E-state index in [0.717, 1.165) is 5.69 Å². The molecule has 6 heteroatoms. The zero-order valence-electron chi connectivity index (χ0n) is 14.0. The molecule has 0 aliphatic rings. The molecule has 3 rings (SSSR count). The molecular formula is C19H18N2O4. The summed E-state index contributed by atoms with van der Waals surface area (Å²) in [6, 6.07) is 11.7. The number of rotatable bonds is 5. The van der Waals surface area contributed by atoms with Gasteiger partial charge >= 0.3 is 5.63 Å². The molecule has 0 aliphatic heterocycles. The molecule has 1 aromatic carbocycles. The highest BCUT2D eigenvalue weighted by Gasteiger charge is 2.14. The summed E-state index contributed by atoms with van der Waals surface area (Å²) >= 11 is 0. The highest BCUT2D eigenvalue weighted by molar-refractivity contribution is 6.05. The highest BCUT2D eigenvalue weighted by Crippen LogP contribution is 2.23. The van der Waals surface area contributed by atoms with Crippen molar-refractivity contribution in [2.75, 3.05) is 0 Å². The maximum Gasteiger partial charge on any atom is 0.337 e. The summed E-state index contributed by atoms with van der Waals surface area (Å²) in [7, 11) is 0. The smallest absolute Gasteiger partial charge is 0.337 e. The van der Waals surface area contributed by atoms with Gasteiger partial charge in [-0.15, -0.1) is 0 Å². The van der Waals surface area contributed by atoms with Crippen LogP contribution >= 0.6 is 0 Å². The molecule has 0 spiro atoms. The molecule has 3 aromatic rings. The third kappa shape index (κ3) is 4.03. The third-order valence-corrected chi connectivity index (χ3v) is 3.49. The Labute approximate surface area is 144 Å². The number of hydrogen-bond acceptors (Lipinski definition) is 5. The van der Waals surface area contributed by atoms with E-state index < -0.39 is 5.63 Å². The lowest BCUT2D eigenvalue weighted by molar-refractivity contribution is 0.0951. The van der Waals surface area contributed by atoms with Gasteiger partial charge in [0, 0.05) is 23.7 Å². The fourth-order valence-electron chi connectivity index (χ4n) is 2.45. The van der Waals surface area contributed by atoms with Crippen molar-refractivity contribution in [3.8, 4) is 5.75 Å². The van der Waals surface area contributed by atoms with Crippen molar-refractivity contribution in [2.24, 2.45) is 0 Å². The zero-order valence-corrected chi connectivity index (χ0v) is 14.0. The lowest BCUT2D eigenvalue weighted by Crippen LogP contribution is -2.24. The number of benzene rings is 1. The number of fused-ring (bicyclic) bond motifs is 1. The van der Waals surface area contributed by atoms with Crippen molar-refractivity contribution < 1.29 is 13.9 Å². The van der Waals surface area contributed by atoms with E-state index in [9.17, 15) is 9.59 Å². The molecule has 0 bridgehead atoms. The Balaban J connectivity index is 1.89. The standard InChI is InChI=1S/C19H18N2O4/c1-12(2)24-14-6-7-15-16(10-18(22)25-17(15)9-14)19(23)21-11-13-5-3-4-8-20-13/h3-10,12H,11H2,1-2H3,(H,21,23). The molecule has 2 aromatic heterocycles. The number of amides is 1. The minimum absolute atomic E-state index is 0.00553. The third-order valence-electron chi connectivity index (χ3n) is 3.49. The lowest BCUT2D eigenvalue weighted by Gasteiger charge is -2.11. The van der Waals surface area contributed by atoms with Gasteiger partial charge in [-0.2, -0.15) is 0 Å². The van der Waals surface area contributed by atoms with E-state index in [4.69, 9.17) is 9.15 Å². The van der Waals surface area contributed by atoms with E-state index >= 15 is 0 Å². The van der Waals surface area contributed by atoms with E-state index in [1.165, 1.54) is 6.07 Å². The number of hydrogen-bond donors (Lipinski definition) is 1. The molecule has 0 unspecified atom stereocenters. The van der Waals surface area contributed by atoms with Crippen LogP contribution in [0.2, 0.25) is 0 Å². The Morgan fingerprint density at radius 1 is 1.24 bits per heavy atom. The van der Waals surface area contributed by atoms with Crippen LogP contribution in [0.15, 0.2) is 57.9 Å². The first-order chi connectivity index (χ1) is 12.0. The summed E-state index contributed by atoms with van der Waals surface area (Å²) in [5.74, 6) is 0.220. The maximum atomic E-state index is 12.5. The monoisotopic (exact) mass is 338 g/mol. The summed E-state index contributed by atoms with van der Waals surface area (Å²) in [5.41, 5.74) is 0.722. The van der Waals surface area contributed by atoms with Crippen molar-refractivity contribution >= 4 is 16.9 Å². The minimum atomic E-state index is -0.586. The Morgan fingerprint density at radius 3 is 2.80 bits per heavy atom. The summed E-state index contributed by atoms with van der Waals surface area (Å²) in [6.07, 6.45) is 1.65. The van der Waals surface area contributed by atoms with Gasteiger partial charge in [0.2, 0.25) is 0 Å². The SMILES string of the molecule is CC(C)Oc1ccc2c(C(=O)NCc3ccccn3)cc(=O)oc2c1. The van der Waals surface area contributed by atoms with Crippen LogP contribution in [0.5, 0.6) is 5.75 Å². The Bertz CT molecular complexity index is 949. The number of nitrogens with one attached hydrogen (secondary N) is 1. The maximum absolute atomic E-state index is 12.5. The van der Waals surface area contributed by atoms with Crippen LogP contribution in [-0.2, 0) is 6.54 Å². The van der Waals surface area contributed by atoms with E-state index in [0.29, 0.717) is 16.7 Å². The van der Waals surface area contributed by atoms with Crippen LogP contribution in [-0.4, -0.2) is 17.0 Å². The molecule has 0 fully saturated rings. The molecule has 128 valence electrons. The zero-order chi connectivity index (χ0) is 17.8. The molecule has 1 N–H and O–H groups in total. The van der Waals surface area contributed by atoms with E-state index in [-0.39, 0.29) is 24.1 Å². The highest BCUT2D eigenvalue weighted by atomic mass is 16.5. The number of aromatic nitrogens is 1. The molecule has 0 radical (unpaired) electrons. The second-order valence-electron chi connectivity index (χ2n) is 5.81. The predicted octanol–water partition coefficient (Wildman–Crippen LogP) is 2.91. The molecule has 2 heterocycles. The summed E-state index contributed by atoms with van der Waals surface area (Å²) in [4.78, 5) is 28.5. The van der Waals surface area contributed by atoms with E-state index in [1.807, 2.05) is 26.0 Å². The number of carbonyl (C=O) groups is 1. The molecule has 1 amide bonds. The van der Waals surface area contributed by atoms with Crippen LogP contribution in [0.1, 0.15) is 29.9 Å². The number of nitrogens with zero attached hydrogens (tertiary/aromatic N) is 1. The van der Waals surface area contributed by atoms with Crippen molar-refractivity contribution in [3.63, 3.8) is 0 Å². The van der Waals surface area contributed by atoms with Gasteiger partial charge in [-0.1, -0.05) is 6.07 Å². The first-order valence-corrected chi connectivity index (χ1v) is 7.95. The summed E-state index contributed by atoms with van der Waals surface area (Å²) < 4.78 is 10.8. The predicted molar refractivity (Wildman–Crippen MR) is 93.7 cm³/mol. The first kappa shape index (κ1) is 16.7. The lowest BCUT2D eigenvalue weighted by atomic mass is 10.1. The second-order valence-corrected chi connectivity index (χ2v) is 5.81. The van der Waals surface area contributed by atoms with Crippen LogP contribution in [0.3, 0.4) is 0 Å². The topological polar surface area (TPSA) is 81.4 Å². The van der Waals surface area contributed by atoms with Gasteiger partial charge in [-0.25, -0.2) is 4.79 Å². The van der Waals surface area contributed by atoms with Crippen molar-refractivity contribution in [2.45, 2.75) is 26.5 Å². The first-order valence-electron chi connectivity index (χ1n) is 7.95. The molecule has 0 saturated carbocycles. The largest absolute Gasteiger partial charge is 0.491 e. The number of pyridine rings is 1. The normalized spacial score (nSPS) is 10.8. The van der Waals surface area contributed by atoms with Crippen molar-refractivity contribution in [1.82, 2.24) is 10.3 Å². The quantitative estimate of drug-likeness (QED) is 0.724. The molecule has 25 heavy (non-hydrogen) atoms. The fraction of sp³-hybridized carbons (Fsp3) is 0.211. The Kier molecular flexibility index (Phi) is 4.79. The van der Waals surface area contributed by atoms with E-state index in [1.54, 1.807) is 30.5 Å². The Hall–Kier alpha value is -3.15. The second kappa shape index (κ2) is 7.17. The molecule has 0 aliphatic carbocycles. The van der Waals surface area contributed by atoms with Gasteiger partial charge < -0.3 is 14.5 Å². The van der Waals surface area contributed by atoms with Gasteiger partial charge in [0.1, 0.15) is 11.3 Å². The van der Waals surface area contributed by atoms with Crippen LogP contribution in [0, 0.1) is 0 Å². The van der Waals surface area contributed by atoms with Crippen molar-refractivity contribution in [3.05, 3.63) is 70.3 Å². The van der Waals surface area contributed by atoms with Crippen LogP contribution < -0.4 is 15.7 Å². The van der Waals surface area contributed by atoms with Gasteiger partial charge in [0.15, 0.2) is 0 Å². The van der Waals surface area contributed by atoms with Crippen LogP contribution in [0.25, 0.3) is 11.0 Å². The van der Waals surface area contributed by atoms with Crippen LogP contribution in [0.4, 0.5) is 0 Å². The summed E-state index contributed by atoms with van der Waals surface area (Å²) in [5, 5.41) is 3.32. The van der Waals surface area contributed by atoms with Gasteiger partial charge in [0.05, 0.1) is 23.9 Å². The average molecular weight is 338 g/mol. The van der Waals surface area contributed by atoms with Gasteiger partial charge in [0.25, 0.3) is 5.91 Å². The number of carbonyl (C=O) groups excluding carboxylic acids is 1. The van der Waals surface area contributed by atoms with Gasteiger partial charge in [-0.3, -0.25) is 9.78 Å². The number of ether oxygens (including phenoxy) is 1. The minimum Gasteiger partial charge on any atom is -0.491 e. The molecule has 0 saturated heterocycles. The summed E-state index contributed by atoms with van der Waals surface area (Å²) in [6.45, 7) is 4.08. The molecular weight excluding hydrogens is 320 g/mol. The van der Waals surface area contributed by atoms with Gasteiger partial charge in [-0.05, 0) is 38.1 Å². The van der Waals surface area contributed by atoms with E-state index in [2.05, 4.69) is 10.3 Å². The van der Waals surface area contributed by atoms with Crippen molar-refractivity contribution in [1.29, 1.82) is 0 Å². The molecule has 6 nitrogen and oxygen atoms in total. The molecule has 0 atom stereocenters. The fourth-order valence-corrected chi connectivity index (χ4v) is 2.45. The Morgan fingerprint density at radius 2 is 2.08 bits per heavy atom. The average Bonchev–Trinajstić information content (AvgIpc) is 2.59.